The Hall–Kier alpha value is -1.52. The van der Waals surface area contributed by atoms with Gasteiger partial charge in [0.15, 0.2) is 0 Å². The van der Waals surface area contributed by atoms with Crippen LogP contribution in [0, 0.1) is 0 Å². The molecule has 0 saturated carbocycles. The Labute approximate surface area is 156 Å². The standard InChI is InChI=1S/C16H28N4O5S/c17-20-16(14(23)24,7-3-1-2-6-12(21)22)8-4-5-11-13-10(9-26-11)18-15(25)19-13/h10-11,13,20H,1-9,17H2,(H,21,22)(H,23,24)(H2,18,19,25)/t10-,11-,13-,16?/m0/s1. The number of nitrogens with one attached hydrogen (secondary N) is 3. The van der Waals surface area contributed by atoms with Crippen molar-refractivity contribution in [1.29, 1.82) is 0 Å². The van der Waals surface area contributed by atoms with Gasteiger partial charge in [0.05, 0.1) is 12.1 Å². The number of rotatable bonds is 12. The minimum Gasteiger partial charge on any atom is -0.481 e. The Morgan fingerprint density at radius 3 is 2.58 bits per heavy atom. The molecular formula is C16H28N4O5S. The lowest BCUT2D eigenvalue weighted by Gasteiger charge is -2.29. The summed E-state index contributed by atoms with van der Waals surface area (Å²) < 4.78 is 0. The molecule has 2 heterocycles. The molecule has 4 atom stereocenters. The molecule has 2 amide bonds. The van der Waals surface area contributed by atoms with E-state index in [0.29, 0.717) is 38.5 Å². The first-order valence-electron chi connectivity index (χ1n) is 8.99. The van der Waals surface area contributed by atoms with Crippen molar-refractivity contribution in [1.82, 2.24) is 16.1 Å². The SMILES string of the molecule is NNC(CCCCCC(=O)O)(CCC[C@@H]1SC[C@@H]2NC(=O)N[C@@H]21)C(=O)O. The van der Waals surface area contributed by atoms with Crippen molar-refractivity contribution < 1.29 is 24.6 Å². The maximum Gasteiger partial charge on any atom is 0.325 e. The lowest BCUT2D eigenvalue weighted by molar-refractivity contribution is -0.146. The van der Waals surface area contributed by atoms with Crippen LogP contribution in [0.3, 0.4) is 0 Å². The molecule has 2 aliphatic rings. The molecule has 0 aromatic carbocycles. The topological polar surface area (TPSA) is 154 Å². The van der Waals surface area contributed by atoms with Crippen molar-refractivity contribution in [3.05, 3.63) is 0 Å². The summed E-state index contributed by atoms with van der Waals surface area (Å²) in [5.74, 6) is 4.62. The summed E-state index contributed by atoms with van der Waals surface area (Å²) in [5.41, 5.74) is 1.30. The summed E-state index contributed by atoms with van der Waals surface area (Å²) in [6.45, 7) is 0. The first kappa shape index (κ1) is 20.8. The summed E-state index contributed by atoms with van der Waals surface area (Å²) in [7, 11) is 0. The highest BCUT2D eigenvalue weighted by molar-refractivity contribution is 8.00. The van der Waals surface area contributed by atoms with Gasteiger partial charge in [-0.15, -0.1) is 0 Å². The number of carboxylic acid groups (broad SMARTS) is 2. The van der Waals surface area contributed by atoms with Crippen molar-refractivity contribution in [2.75, 3.05) is 5.75 Å². The van der Waals surface area contributed by atoms with E-state index in [1.54, 1.807) is 11.8 Å². The van der Waals surface area contributed by atoms with Gasteiger partial charge in [0.25, 0.3) is 0 Å². The van der Waals surface area contributed by atoms with E-state index in [-0.39, 0.29) is 29.8 Å². The van der Waals surface area contributed by atoms with Crippen LogP contribution in [0.4, 0.5) is 4.79 Å². The van der Waals surface area contributed by atoms with E-state index in [1.807, 2.05) is 0 Å². The Kier molecular flexibility index (Phi) is 7.54. The monoisotopic (exact) mass is 388 g/mol. The third kappa shape index (κ3) is 5.24. The number of urea groups is 1. The Morgan fingerprint density at radius 1 is 1.19 bits per heavy atom. The largest absolute Gasteiger partial charge is 0.481 e. The van der Waals surface area contributed by atoms with E-state index in [0.717, 1.165) is 12.2 Å². The normalized spacial score (nSPS) is 26.7. The molecule has 2 fully saturated rings. The van der Waals surface area contributed by atoms with Gasteiger partial charge in [-0.05, 0) is 32.1 Å². The second-order valence-electron chi connectivity index (χ2n) is 7.00. The van der Waals surface area contributed by atoms with Gasteiger partial charge in [0, 0.05) is 17.4 Å². The number of carbonyl (C=O) groups excluding carboxylic acids is 1. The highest BCUT2D eigenvalue weighted by Crippen LogP contribution is 2.34. The van der Waals surface area contributed by atoms with Crippen LogP contribution in [0.1, 0.15) is 51.4 Å². The summed E-state index contributed by atoms with van der Waals surface area (Å²) in [5, 5.41) is 24.4. The summed E-state index contributed by atoms with van der Waals surface area (Å²) in [6, 6.07) is 0.132. The summed E-state index contributed by atoms with van der Waals surface area (Å²) in [6.07, 6.45) is 4.14. The van der Waals surface area contributed by atoms with Crippen molar-refractivity contribution >= 4 is 29.7 Å². The predicted octanol–water partition coefficient (Wildman–Crippen LogP) is 0.644. The van der Waals surface area contributed by atoms with Crippen LogP contribution in [0.15, 0.2) is 0 Å². The van der Waals surface area contributed by atoms with Crippen LogP contribution in [0.5, 0.6) is 0 Å². The van der Waals surface area contributed by atoms with E-state index in [1.165, 1.54) is 0 Å². The van der Waals surface area contributed by atoms with Gasteiger partial charge in [-0.25, -0.2) is 10.2 Å². The van der Waals surface area contributed by atoms with Gasteiger partial charge in [-0.2, -0.15) is 11.8 Å². The number of unbranched alkanes of at least 4 members (excludes halogenated alkanes) is 2. The molecule has 0 spiro atoms. The highest BCUT2D eigenvalue weighted by atomic mass is 32.2. The third-order valence-electron chi connectivity index (χ3n) is 5.21. The van der Waals surface area contributed by atoms with E-state index in [4.69, 9.17) is 10.9 Å². The molecule has 2 rings (SSSR count). The van der Waals surface area contributed by atoms with Gasteiger partial charge in [-0.1, -0.05) is 12.8 Å². The van der Waals surface area contributed by atoms with Crippen LogP contribution in [-0.4, -0.2) is 56.8 Å². The average molecular weight is 388 g/mol. The highest BCUT2D eigenvalue weighted by Gasteiger charge is 2.43. The summed E-state index contributed by atoms with van der Waals surface area (Å²) in [4.78, 5) is 33.7. The second kappa shape index (κ2) is 9.43. The minimum absolute atomic E-state index is 0.0946. The van der Waals surface area contributed by atoms with Gasteiger partial charge < -0.3 is 20.8 Å². The van der Waals surface area contributed by atoms with Crippen LogP contribution in [0.2, 0.25) is 0 Å². The van der Waals surface area contributed by atoms with Crippen molar-refractivity contribution in [3.63, 3.8) is 0 Å². The second-order valence-corrected chi connectivity index (χ2v) is 8.27. The number of nitrogens with two attached hydrogens (primary N) is 1. The van der Waals surface area contributed by atoms with E-state index in [9.17, 15) is 19.5 Å². The number of carboxylic acids is 2. The maximum absolute atomic E-state index is 11.8. The van der Waals surface area contributed by atoms with Crippen molar-refractivity contribution in [2.24, 2.45) is 5.84 Å². The number of hydrazine groups is 1. The molecule has 7 N–H and O–H groups in total. The Bertz CT molecular complexity index is 535. The molecule has 1 unspecified atom stereocenters. The molecule has 0 aliphatic carbocycles. The zero-order valence-corrected chi connectivity index (χ0v) is 15.5. The molecule has 2 aliphatic heterocycles. The predicted molar refractivity (Wildman–Crippen MR) is 97.8 cm³/mol. The number of thioether (sulfide) groups is 1. The lowest BCUT2D eigenvalue weighted by Crippen LogP contribution is -2.55. The van der Waals surface area contributed by atoms with Gasteiger partial charge in [0.1, 0.15) is 5.54 Å². The molecule has 0 radical (unpaired) electrons. The van der Waals surface area contributed by atoms with Crippen LogP contribution in [0.25, 0.3) is 0 Å². The van der Waals surface area contributed by atoms with Crippen LogP contribution < -0.4 is 21.9 Å². The van der Waals surface area contributed by atoms with E-state index >= 15 is 0 Å². The van der Waals surface area contributed by atoms with Crippen molar-refractivity contribution in [2.45, 2.75) is 74.2 Å². The smallest absolute Gasteiger partial charge is 0.325 e. The number of aliphatic carboxylic acids is 2. The van der Waals surface area contributed by atoms with Crippen LogP contribution >= 0.6 is 11.8 Å². The van der Waals surface area contributed by atoms with E-state index in [2.05, 4.69) is 16.1 Å². The zero-order valence-electron chi connectivity index (χ0n) is 14.7. The maximum atomic E-state index is 11.8. The van der Waals surface area contributed by atoms with Crippen LogP contribution in [-0.2, 0) is 9.59 Å². The van der Waals surface area contributed by atoms with Crippen molar-refractivity contribution in [3.8, 4) is 0 Å². The molecule has 0 bridgehead atoms. The fraction of sp³-hybridized carbons (Fsp3) is 0.812. The molecule has 10 heteroatoms. The number of hydrogen-bond donors (Lipinski definition) is 6. The molecule has 148 valence electrons. The van der Waals surface area contributed by atoms with Gasteiger partial charge in [0.2, 0.25) is 0 Å². The summed E-state index contributed by atoms with van der Waals surface area (Å²) >= 11 is 1.80. The Balaban J connectivity index is 1.78. The molecule has 0 aromatic heterocycles. The molecule has 0 aromatic rings. The number of fused-ring (bicyclic) bond motifs is 1. The molecule has 9 nitrogen and oxygen atoms in total. The fourth-order valence-corrected chi connectivity index (χ4v) is 5.22. The Morgan fingerprint density at radius 2 is 1.92 bits per heavy atom. The first-order chi connectivity index (χ1) is 12.4. The van der Waals surface area contributed by atoms with E-state index < -0.39 is 17.5 Å². The first-order valence-corrected chi connectivity index (χ1v) is 10.0. The van der Waals surface area contributed by atoms with Gasteiger partial charge >= 0.3 is 18.0 Å². The average Bonchev–Trinajstić information content (AvgIpc) is 3.12. The number of amides is 2. The lowest BCUT2D eigenvalue weighted by atomic mass is 9.86. The number of hydrogen-bond acceptors (Lipinski definition) is 6. The molecule has 26 heavy (non-hydrogen) atoms. The third-order valence-corrected chi connectivity index (χ3v) is 6.72. The molecule has 2 saturated heterocycles. The zero-order chi connectivity index (χ0) is 19.2. The minimum atomic E-state index is -1.19. The molecular weight excluding hydrogens is 360 g/mol. The van der Waals surface area contributed by atoms with Gasteiger partial charge in [-0.3, -0.25) is 15.4 Å². The fourth-order valence-electron chi connectivity index (χ4n) is 3.67. The number of carbonyl (C=O) groups is 3. The quantitative estimate of drug-likeness (QED) is 0.123.